The Balaban J connectivity index is 1.98. The van der Waals surface area contributed by atoms with Crippen LogP contribution in [0.15, 0.2) is 24.2 Å². The molecule has 3 rings (SSSR count). The number of ether oxygens (including phenoxy) is 1. The molecule has 3 N–H and O–H groups in total. The van der Waals surface area contributed by atoms with Crippen molar-refractivity contribution in [3.05, 3.63) is 29.8 Å². The molecule has 2 heterocycles. The van der Waals surface area contributed by atoms with Crippen LogP contribution in [0.25, 0.3) is 0 Å². The maximum absolute atomic E-state index is 13.8. The number of nitrogens with two attached hydrogens (primary N) is 1. The fourth-order valence-corrected chi connectivity index (χ4v) is 4.57. The van der Waals surface area contributed by atoms with Crippen LogP contribution in [0.2, 0.25) is 0 Å². The van der Waals surface area contributed by atoms with E-state index in [-0.39, 0.29) is 30.8 Å². The Hall–Kier alpha value is -3.10. The number of hydrogen-bond donors (Lipinski definition) is 2. The Kier molecular flexibility index (Phi) is 6.07. The molecule has 0 radical (unpaired) electrons. The van der Waals surface area contributed by atoms with E-state index in [1.54, 1.807) is 39.0 Å². The van der Waals surface area contributed by atoms with Gasteiger partial charge in [0.05, 0.1) is 6.79 Å². The van der Waals surface area contributed by atoms with E-state index in [1.165, 1.54) is 16.8 Å². The third-order valence-corrected chi connectivity index (χ3v) is 6.16. The van der Waals surface area contributed by atoms with E-state index in [2.05, 4.69) is 5.32 Å². The second-order valence-corrected chi connectivity index (χ2v) is 10.3. The van der Waals surface area contributed by atoms with Crippen molar-refractivity contribution in [3.8, 4) is 0 Å². The van der Waals surface area contributed by atoms with Gasteiger partial charge in [-0.05, 0) is 51.2 Å². The summed E-state index contributed by atoms with van der Waals surface area (Å²) in [5.41, 5.74) is 4.89. The van der Waals surface area contributed by atoms with Gasteiger partial charge in [0, 0.05) is 19.3 Å². The van der Waals surface area contributed by atoms with Crippen molar-refractivity contribution in [3.63, 3.8) is 0 Å². The lowest BCUT2D eigenvalue weighted by Crippen LogP contribution is -2.54. The standard InChI is InChI=1S/C24H34N4O5/c1-14(2)11-17(27(6)22(32)33-23(3,4)5)20(30)28-13-24(12-18(28)19(25)29)15-9-7-8-10-16(15)26-21(24)31/h7-10,14,17-18H,11-13H2,1-6H3,(H2,25,29)(H,26,31)/t17-,18-,24-/m0/s1/i7D. The minimum atomic E-state index is -1.19. The Morgan fingerprint density at radius 2 is 2.03 bits per heavy atom. The number of hydrogen-bond acceptors (Lipinski definition) is 5. The van der Waals surface area contributed by atoms with Crippen molar-refractivity contribution in [2.45, 2.75) is 70.6 Å². The van der Waals surface area contributed by atoms with Gasteiger partial charge in [0.15, 0.2) is 0 Å². The third kappa shape index (κ3) is 4.67. The number of nitrogens with zero attached hydrogens (tertiary/aromatic N) is 2. The molecule has 9 nitrogen and oxygen atoms in total. The largest absolute Gasteiger partial charge is 0.444 e. The Bertz CT molecular complexity index is 1020. The average Bonchev–Trinajstić information content (AvgIpc) is 3.24. The van der Waals surface area contributed by atoms with Crippen LogP contribution < -0.4 is 11.1 Å². The van der Waals surface area contributed by atoms with Gasteiger partial charge in [-0.25, -0.2) is 4.79 Å². The predicted molar refractivity (Wildman–Crippen MR) is 123 cm³/mol. The Labute approximate surface area is 196 Å². The molecule has 9 heteroatoms. The summed E-state index contributed by atoms with van der Waals surface area (Å²) in [4.78, 5) is 54.7. The van der Waals surface area contributed by atoms with E-state index < -0.39 is 41.0 Å². The maximum Gasteiger partial charge on any atom is 0.410 e. The van der Waals surface area contributed by atoms with E-state index in [0.29, 0.717) is 17.7 Å². The Morgan fingerprint density at radius 3 is 2.61 bits per heavy atom. The second kappa shape index (κ2) is 8.68. The minimum absolute atomic E-state index is 0.0148. The summed E-state index contributed by atoms with van der Waals surface area (Å²) in [6.07, 6.45) is -0.303. The number of likely N-dealkylation sites (N-methyl/N-ethyl adjacent to an activating group) is 1. The first-order valence-corrected chi connectivity index (χ1v) is 11.1. The van der Waals surface area contributed by atoms with Crippen LogP contribution in [0, 0.1) is 5.92 Å². The van der Waals surface area contributed by atoms with Crippen LogP contribution in [0.5, 0.6) is 0 Å². The lowest BCUT2D eigenvalue weighted by molar-refractivity contribution is -0.142. The van der Waals surface area contributed by atoms with Gasteiger partial charge >= 0.3 is 6.09 Å². The number of amides is 4. The summed E-state index contributed by atoms with van der Waals surface area (Å²) in [6, 6.07) is 3.08. The van der Waals surface area contributed by atoms with Crippen LogP contribution in [0.4, 0.5) is 10.5 Å². The molecule has 1 spiro atoms. The van der Waals surface area contributed by atoms with Crippen LogP contribution in [0.3, 0.4) is 0 Å². The van der Waals surface area contributed by atoms with Crippen molar-refractivity contribution in [2.24, 2.45) is 11.7 Å². The highest BCUT2D eigenvalue weighted by Gasteiger charge is 2.57. The van der Waals surface area contributed by atoms with Crippen LogP contribution in [-0.2, 0) is 24.5 Å². The number of carbonyl (C=O) groups is 4. The number of fused-ring (bicyclic) bond motifs is 2. The number of likely N-dealkylation sites (tertiary alicyclic amines) is 1. The fourth-order valence-electron chi connectivity index (χ4n) is 4.57. The number of primary amides is 1. The highest BCUT2D eigenvalue weighted by atomic mass is 16.6. The molecule has 0 aliphatic carbocycles. The molecule has 33 heavy (non-hydrogen) atoms. The molecule has 4 amide bonds. The monoisotopic (exact) mass is 459 g/mol. The van der Waals surface area contributed by atoms with Gasteiger partial charge in [-0.2, -0.15) is 0 Å². The molecule has 1 aromatic carbocycles. The van der Waals surface area contributed by atoms with E-state index in [9.17, 15) is 19.2 Å². The topological polar surface area (TPSA) is 122 Å². The fraction of sp³-hybridized carbons (Fsp3) is 0.583. The van der Waals surface area contributed by atoms with Gasteiger partial charge in [0.2, 0.25) is 17.7 Å². The van der Waals surface area contributed by atoms with Gasteiger partial charge < -0.3 is 20.7 Å². The summed E-state index contributed by atoms with van der Waals surface area (Å²) in [6.45, 7) is 9.00. The zero-order valence-corrected chi connectivity index (χ0v) is 20.1. The second-order valence-electron chi connectivity index (χ2n) is 10.3. The van der Waals surface area contributed by atoms with Gasteiger partial charge in [-0.1, -0.05) is 32.0 Å². The van der Waals surface area contributed by atoms with E-state index in [0.717, 1.165) is 0 Å². The van der Waals surface area contributed by atoms with Crippen LogP contribution >= 0.6 is 0 Å². The molecule has 3 atom stereocenters. The number of nitrogens with one attached hydrogen (secondary N) is 1. The molecule has 1 aromatic rings. The maximum atomic E-state index is 13.8. The smallest absolute Gasteiger partial charge is 0.410 e. The van der Waals surface area contributed by atoms with E-state index in [4.69, 9.17) is 11.8 Å². The zero-order valence-electron chi connectivity index (χ0n) is 21.1. The molecule has 0 aromatic heterocycles. The lowest BCUT2D eigenvalue weighted by Gasteiger charge is -2.34. The summed E-state index contributed by atoms with van der Waals surface area (Å²) in [5, 5.41) is 2.81. The Morgan fingerprint density at radius 1 is 1.36 bits per heavy atom. The van der Waals surface area contributed by atoms with Crippen molar-refractivity contribution in [1.82, 2.24) is 9.80 Å². The lowest BCUT2D eigenvalue weighted by atomic mass is 9.79. The molecule has 1 fully saturated rings. The van der Waals surface area contributed by atoms with Gasteiger partial charge in [-0.15, -0.1) is 0 Å². The van der Waals surface area contributed by atoms with Crippen LogP contribution in [-0.4, -0.2) is 64.9 Å². The zero-order chi connectivity index (χ0) is 25.6. The van der Waals surface area contributed by atoms with Crippen molar-refractivity contribution in [1.29, 1.82) is 0 Å². The van der Waals surface area contributed by atoms with Gasteiger partial charge in [0.25, 0.3) is 0 Å². The number of benzene rings is 1. The third-order valence-electron chi connectivity index (χ3n) is 6.16. The number of carbonyl (C=O) groups excluding carboxylic acids is 4. The first kappa shape index (κ1) is 23.1. The first-order chi connectivity index (χ1) is 15.7. The molecule has 0 unspecified atom stereocenters. The number of para-hydroxylation sites is 1. The summed E-state index contributed by atoms with van der Waals surface area (Å²) >= 11 is 0. The molecule has 1 saturated heterocycles. The molecule has 0 bridgehead atoms. The van der Waals surface area contributed by atoms with Crippen molar-refractivity contribution in [2.75, 3.05) is 18.9 Å². The molecule has 2 aliphatic heterocycles. The van der Waals surface area contributed by atoms with Crippen LogP contribution in [0.1, 0.15) is 54.4 Å². The molecular formula is C24H34N4O5. The summed E-state index contributed by atoms with van der Waals surface area (Å²) in [7, 11) is 1.49. The van der Waals surface area contributed by atoms with Gasteiger partial charge in [0.1, 0.15) is 17.7 Å². The molecule has 0 saturated carbocycles. The summed E-state index contributed by atoms with van der Waals surface area (Å²) < 4.78 is 13.5. The number of rotatable bonds is 5. The first-order valence-electron chi connectivity index (χ1n) is 11.6. The SMILES string of the molecule is [2H]c1ccc2c(c1)[C@@]1(C[C@@H](C(N)=O)N(C(=O)[C@H](CC(C)C)N(C)C(=O)OC(C)(C)C)C1)C(=O)N2. The molecule has 180 valence electrons. The minimum Gasteiger partial charge on any atom is -0.444 e. The summed E-state index contributed by atoms with van der Waals surface area (Å²) in [5.74, 6) is -1.47. The van der Waals surface area contributed by atoms with Crippen molar-refractivity contribution < 1.29 is 25.3 Å². The quantitative estimate of drug-likeness (QED) is 0.699. The normalized spacial score (nSPS) is 23.2. The highest BCUT2D eigenvalue weighted by Crippen LogP contribution is 2.46. The predicted octanol–water partition coefficient (Wildman–Crippen LogP) is 2.24. The van der Waals surface area contributed by atoms with E-state index in [1.807, 2.05) is 13.8 Å². The average molecular weight is 460 g/mol. The molecule has 2 aliphatic rings. The van der Waals surface area contributed by atoms with Gasteiger partial charge in [-0.3, -0.25) is 19.3 Å². The highest BCUT2D eigenvalue weighted by molar-refractivity contribution is 6.08. The van der Waals surface area contributed by atoms with Crippen molar-refractivity contribution >= 4 is 29.5 Å². The number of anilines is 1. The molecular weight excluding hydrogens is 424 g/mol. The van der Waals surface area contributed by atoms with E-state index >= 15 is 0 Å².